The van der Waals surface area contributed by atoms with Gasteiger partial charge in [-0.25, -0.2) is 9.18 Å². The normalized spacial score (nSPS) is 20.4. The summed E-state index contributed by atoms with van der Waals surface area (Å²) in [7, 11) is 0. The van der Waals surface area contributed by atoms with Crippen molar-refractivity contribution in [1.82, 2.24) is 25.5 Å². The van der Waals surface area contributed by atoms with E-state index in [0.717, 1.165) is 11.3 Å². The molecule has 1 N–H and O–H groups in total. The van der Waals surface area contributed by atoms with Crippen LogP contribution in [0.15, 0.2) is 35.7 Å². The molecule has 2 atom stereocenters. The average Bonchev–Trinajstić information content (AvgIpc) is 3.58. The van der Waals surface area contributed by atoms with Crippen LogP contribution in [0.1, 0.15) is 19.4 Å². The van der Waals surface area contributed by atoms with E-state index in [2.05, 4.69) is 20.7 Å². The lowest BCUT2D eigenvalue weighted by molar-refractivity contribution is -0.119. The fourth-order valence-corrected chi connectivity index (χ4v) is 4.70. The van der Waals surface area contributed by atoms with Crippen LogP contribution in [0.25, 0.3) is 10.7 Å². The number of aromatic nitrogens is 4. The number of anilines is 2. The zero-order valence-electron chi connectivity index (χ0n) is 17.8. The molecule has 3 aromatic rings. The number of ether oxygens (including phenoxy) is 1. The van der Waals surface area contributed by atoms with Gasteiger partial charge in [-0.2, -0.15) is 4.80 Å². The number of nitrogens with one attached hydrogen (secondary N) is 1. The maximum absolute atomic E-state index is 15.0. The number of benzene rings is 1. The maximum Gasteiger partial charge on any atom is 0.414 e. The second-order valence-corrected chi connectivity index (χ2v) is 8.94. The van der Waals surface area contributed by atoms with Crippen LogP contribution in [0.4, 0.5) is 20.6 Å². The third-order valence-electron chi connectivity index (χ3n) is 5.70. The number of thiophene rings is 1. The Kier molecular flexibility index (Phi) is 5.67. The van der Waals surface area contributed by atoms with E-state index in [1.165, 1.54) is 17.9 Å². The van der Waals surface area contributed by atoms with Crippen molar-refractivity contribution in [3.63, 3.8) is 0 Å². The first-order chi connectivity index (χ1) is 16.0. The summed E-state index contributed by atoms with van der Waals surface area (Å²) in [5.74, 6) is -0.0296. The van der Waals surface area contributed by atoms with Crippen LogP contribution in [-0.4, -0.2) is 64.5 Å². The number of hydrogen-bond acceptors (Lipinski definition) is 8. The molecule has 0 saturated carbocycles. The Bertz CT molecular complexity index is 1170. The van der Waals surface area contributed by atoms with E-state index in [1.54, 1.807) is 28.3 Å². The molecule has 10 nitrogen and oxygen atoms in total. The first-order valence-electron chi connectivity index (χ1n) is 10.6. The Balaban J connectivity index is 1.25. The highest BCUT2D eigenvalue weighted by molar-refractivity contribution is 7.13. The molecular weight excluding hydrogens is 449 g/mol. The number of halogens is 1. The molecule has 2 aromatic heterocycles. The van der Waals surface area contributed by atoms with Crippen LogP contribution in [0.3, 0.4) is 0 Å². The molecule has 0 aliphatic carbocycles. The molecule has 2 saturated heterocycles. The zero-order chi connectivity index (χ0) is 22.9. The van der Waals surface area contributed by atoms with Gasteiger partial charge in [-0.15, -0.1) is 21.5 Å². The molecule has 0 radical (unpaired) electrons. The molecule has 5 rings (SSSR count). The summed E-state index contributed by atoms with van der Waals surface area (Å²) in [4.78, 5) is 29.2. The molecule has 2 unspecified atom stereocenters. The number of carbonyl (C=O) groups excluding carboxylic acids is 2. The topological polar surface area (TPSA) is 105 Å². The van der Waals surface area contributed by atoms with Gasteiger partial charge in [0, 0.05) is 20.0 Å². The number of rotatable bonds is 6. The summed E-state index contributed by atoms with van der Waals surface area (Å²) in [5.41, 5.74) is 0.878. The van der Waals surface area contributed by atoms with Gasteiger partial charge in [0.15, 0.2) is 0 Å². The average molecular weight is 472 g/mol. The number of amides is 2. The number of cyclic esters (lactones) is 1. The van der Waals surface area contributed by atoms with E-state index in [1.807, 2.05) is 22.4 Å². The fourth-order valence-electron chi connectivity index (χ4n) is 4.05. The highest BCUT2D eigenvalue weighted by Gasteiger charge is 2.33. The first-order valence-corrected chi connectivity index (χ1v) is 11.5. The molecule has 172 valence electrons. The van der Waals surface area contributed by atoms with E-state index < -0.39 is 18.0 Å². The zero-order valence-corrected chi connectivity index (χ0v) is 18.7. The molecule has 0 bridgehead atoms. The third-order valence-corrected chi connectivity index (χ3v) is 6.56. The van der Waals surface area contributed by atoms with Crippen molar-refractivity contribution in [2.75, 3.05) is 36.0 Å². The van der Waals surface area contributed by atoms with E-state index >= 15 is 4.39 Å². The number of hydrogen-bond donors (Lipinski definition) is 1. The SMILES string of the molecule is CC(=O)NCC1CN(c2ccc(N3CCC(n4nnc(-c5cccs5)n4)C3)c(F)c2)C(=O)O1. The van der Waals surface area contributed by atoms with Crippen molar-refractivity contribution in [3.8, 4) is 10.7 Å². The molecule has 12 heteroatoms. The summed E-state index contributed by atoms with van der Waals surface area (Å²) < 4.78 is 20.3. The smallest absolute Gasteiger partial charge is 0.414 e. The quantitative estimate of drug-likeness (QED) is 0.589. The predicted molar refractivity (Wildman–Crippen MR) is 120 cm³/mol. The van der Waals surface area contributed by atoms with Crippen LogP contribution in [0.5, 0.6) is 0 Å². The highest BCUT2D eigenvalue weighted by Crippen LogP contribution is 2.32. The minimum Gasteiger partial charge on any atom is -0.442 e. The number of carbonyl (C=O) groups is 2. The Hall–Kier alpha value is -3.54. The van der Waals surface area contributed by atoms with Gasteiger partial charge in [-0.05, 0) is 41.3 Å². The second kappa shape index (κ2) is 8.77. The minimum absolute atomic E-state index is 0.00613. The summed E-state index contributed by atoms with van der Waals surface area (Å²) in [6.07, 6.45) is -0.264. The first kappa shape index (κ1) is 21.3. The number of nitrogens with zero attached hydrogens (tertiary/aromatic N) is 6. The van der Waals surface area contributed by atoms with Crippen LogP contribution in [-0.2, 0) is 9.53 Å². The Morgan fingerprint density at radius 1 is 1.33 bits per heavy atom. The Morgan fingerprint density at radius 2 is 2.21 bits per heavy atom. The molecule has 4 heterocycles. The minimum atomic E-state index is -0.558. The Morgan fingerprint density at radius 3 is 2.97 bits per heavy atom. The summed E-state index contributed by atoms with van der Waals surface area (Å²) in [6.45, 7) is 3.07. The molecule has 0 spiro atoms. The van der Waals surface area contributed by atoms with Gasteiger partial charge in [0.1, 0.15) is 11.9 Å². The molecular formula is C21H22FN7O3S. The monoisotopic (exact) mass is 471 g/mol. The molecule has 2 aliphatic heterocycles. The van der Waals surface area contributed by atoms with Crippen LogP contribution in [0, 0.1) is 5.82 Å². The molecule has 2 amide bonds. The standard InChI is InChI=1S/C21H22FN7O3S/c1-13(30)23-10-16-12-28(21(31)32-16)14-4-5-18(17(22)9-14)27-7-6-15(11-27)29-25-20(24-26-29)19-3-2-8-33-19/h2-5,8-9,15-16H,6-7,10-12H2,1H3,(H,23,30). The van der Waals surface area contributed by atoms with Crippen LogP contribution >= 0.6 is 11.3 Å². The van der Waals surface area contributed by atoms with Crippen LogP contribution in [0.2, 0.25) is 0 Å². The van der Waals surface area contributed by atoms with Gasteiger partial charge in [0.05, 0.1) is 35.4 Å². The lowest BCUT2D eigenvalue weighted by atomic mass is 10.2. The third kappa shape index (κ3) is 4.38. The predicted octanol–water partition coefficient (Wildman–Crippen LogP) is 2.45. The lowest BCUT2D eigenvalue weighted by Crippen LogP contribution is -2.33. The Labute approximate surface area is 192 Å². The van der Waals surface area contributed by atoms with E-state index in [0.29, 0.717) is 30.3 Å². The van der Waals surface area contributed by atoms with Gasteiger partial charge < -0.3 is 15.0 Å². The van der Waals surface area contributed by atoms with Crippen molar-refractivity contribution >= 4 is 34.7 Å². The highest BCUT2D eigenvalue weighted by atomic mass is 32.1. The molecule has 2 fully saturated rings. The fraction of sp³-hybridized carbons (Fsp3) is 0.381. The van der Waals surface area contributed by atoms with Gasteiger partial charge >= 0.3 is 6.09 Å². The van der Waals surface area contributed by atoms with E-state index in [4.69, 9.17) is 4.74 Å². The van der Waals surface area contributed by atoms with Crippen LogP contribution < -0.4 is 15.1 Å². The van der Waals surface area contributed by atoms with E-state index in [9.17, 15) is 9.59 Å². The van der Waals surface area contributed by atoms with Crippen molar-refractivity contribution < 1.29 is 18.7 Å². The second-order valence-electron chi connectivity index (χ2n) is 7.99. The number of tetrazole rings is 1. The van der Waals surface area contributed by atoms with Crippen molar-refractivity contribution in [1.29, 1.82) is 0 Å². The largest absolute Gasteiger partial charge is 0.442 e. The van der Waals surface area contributed by atoms with Crippen molar-refractivity contribution in [3.05, 3.63) is 41.5 Å². The van der Waals surface area contributed by atoms with Gasteiger partial charge in [0.25, 0.3) is 0 Å². The summed E-state index contributed by atoms with van der Waals surface area (Å²) in [5, 5.41) is 17.4. The van der Waals surface area contributed by atoms with Crippen molar-refractivity contribution in [2.24, 2.45) is 0 Å². The lowest BCUT2D eigenvalue weighted by Gasteiger charge is -2.21. The molecule has 1 aromatic carbocycles. The van der Waals surface area contributed by atoms with Crippen molar-refractivity contribution in [2.45, 2.75) is 25.5 Å². The summed E-state index contributed by atoms with van der Waals surface area (Å²) in [6, 6.07) is 8.60. The van der Waals surface area contributed by atoms with Gasteiger partial charge in [0.2, 0.25) is 11.7 Å². The van der Waals surface area contributed by atoms with E-state index in [-0.39, 0.29) is 25.0 Å². The maximum atomic E-state index is 15.0. The van der Waals surface area contributed by atoms with Gasteiger partial charge in [-0.1, -0.05) is 6.07 Å². The van der Waals surface area contributed by atoms with Gasteiger partial charge in [-0.3, -0.25) is 9.69 Å². The molecule has 33 heavy (non-hydrogen) atoms. The summed E-state index contributed by atoms with van der Waals surface area (Å²) >= 11 is 1.55. The molecule has 2 aliphatic rings.